The van der Waals surface area contributed by atoms with Crippen LogP contribution in [0.1, 0.15) is 19.8 Å². The molecule has 0 spiro atoms. The van der Waals surface area contributed by atoms with Crippen LogP contribution in [0, 0.1) is 10.1 Å². The topological polar surface area (TPSA) is 119 Å². The van der Waals surface area contributed by atoms with E-state index in [-0.39, 0.29) is 10.6 Å². The Balaban J connectivity index is 1.80. The second kappa shape index (κ2) is 8.58. The SMILES string of the molecule is C[C@@H](Oc1ccc(S(=O)(=O)N2CCCC2)cc1[N+](=O)[O-])C(=O)Nc1ccccc1. The number of nitro groups is 1. The number of nitrogens with zero attached hydrogens (tertiary/aromatic N) is 2. The summed E-state index contributed by atoms with van der Waals surface area (Å²) < 4.78 is 32.1. The molecule has 0 saturated carbocycles. The molecule has 1 atom stereocenters. The highest BCUT2D eigenvalue weighted by molar-refractivity contribution is 7.89. The van der Waals surface area contributed by atoms with Gasteiger partial charge in [0.15, 0.2) is 11.9 Å². The van der Waals surface area contributed by atoms with Crippen LogP contribution in [0.5, 0.6) is 5.75 Å². The lowest BCUT2D eigenvalue weighted by atomic mass is 10.2. The smallest absolute Gasteiger partial charge is 0.312 e. The molecule has 0 aliphatic carbocycles. The first-order valence-electron chi connectivity index (χ1n) is 9.10. The first-order valence-corrected chi connectivity index (χ1v) is 10.5. The Morgan fingerprint density at radius 2 is 1.83 bits per heavy atom. The van der Waals surface area contributed by atoms with E-state index in [1.54, 1.807) is 30.3 Å². The van der Waals surface area contributed by atoms with E-state index in [4.69, 9.17) is 4.74 Å². The monoisotopic (exact) mass is 419 g/mol. The predicted octanol–water partition coefficient (Wildman–Crippen LogP) is 2.79. The maximum absolute atomic E-state index is 12.7. The van der Waals surface area contributed by atoms with Gasteiger partial charge in [-0.25, -0.2) is 8.42 Å². The summed E-state index contributed by atoms with van der Waals surface area (Å²) in [5.41, 5.74) is 0.0548. The maximum Gasteiger partial charge on any atom is 0.312 e. The molecule has 10 heteroatoms. The molecule has 1 aliphatic rings. The fourth-order valence-corrected chi connectivity index (χ4v) is 4.52. The molecule has 154 valence electrons. The number of benzene rings is 2. The predicted molar refractivity (Wildman–Crippen MR) is 106 cm³/mol. The Labute approximate surface area is 168 Å². The van der Waals surface area contributed by atoms with Gasteiger partial charge in [0.2, 0.25) is 10.0 Å². The number of para-hydroxylation sites is 1. The van der Waals surface area contributed by atoms with Crippen molar-refractivity contribution in [1.82, 2.24) is 4.31 Å². The largest absolute Gasteiger partial charge is 0.474 e. The van der Waals surface area contributed by atoms with Gasteiger partial charge in [-0.3, -0.25) is 14.9 Å². The summed E-state index contributed by atoms with van der Waals surface area (Å²) in [6.45, 7) is 2.24. The molecule has 0 bridgehead atoms. The van der Waals surface area contributed by atoms with Crippen LogP contribution in [-0.2, 0) is 14.8 Å². The number of carbonyl (C=O) groups is 1. The highest BCUT2D eigenvalue weighted by Crippen LogP contribution is 2.32. The summed E-state index contributed by atoms with van der Waals surface area (Å²) in [4.78, 5) is 22.9. The van der Waals surface area contributed by atoms with Crippen molar-refractivity contribution in [3.63, 3.8) is 0 Å². The minimum absolute atomic E-state index is 0.167. The number of anilines is 1. The fourth-order valence-electron chi connectivity index (χ4n) is 2.99. The average molecular weight is 419 g/mol. The Morgan fingerprint density at radius 1 is 1.17 bits per heavy atom. The molecule has 2 aromatic rings. The first kappa shape index (κ1) is 20.7. The summed E-state index contributed by atoms with van der Waals surface area (Å²) in [5, 5.41) is 14.1. The number of hydrogen-bond acceptors (Lipinski definition) is 6. The number of nitro benzene ring substituents is 1. The van der Waals surface area contributed by atoms with E-state index in [0.29, 0.717) is 18.8 Å². The molecule has 1 amide bonds. The van der Waals surface area contributed by atoms with Gasteiger partial charge in [0, 0.05) is 24.8 Å². The van der Waals surface area contributed by atoms with Gasteiger partial charge in [0.25, 0.3) is 5.91 Å². The molecular formula is C19H21N3O6S. The van der Waals surface area contributed by atoms with E-state index in [0.717, 1.165) is 18.9 Å². The summed E-state index contributed by atoms with van der Waals surface area (Å²) >= 11 is 0. The number of sulfonamides is 1. The van der Waals surface area contributed by atoms with Crippen LogP contribution in [0.3, 0.4) is 0 Å². The number of hydrogen-bond donors (Lipinski definition) is 1. The van der Waals surface area contributed by atoms with Gasteiger partial charge in [-0.15, -0.1) is 0 Å². The molecule has 0 unspecified atom stereocenters. The lowest BCUT2D eigenvalue weighted by Crippen LogP contribution is -2.30. The Kier molecular flexibility index (Phi) is 6.14. The molecule has 1 saturated heterocycles. The number of rotatable bonds is 7. The molecule has 0 aromatic heterocycles. The van der Waals surface area contributed by atoms with Crippen LogP contribution in [0.4, 0.5) is 11.4 Å². The van der Waals surface area contributed by atoms with Crippen LogP contribution < -0.4 is 10.1 Å². The molecule has 2 aromatic carbocycles. The molecular weight excluding hydrogens is 398 g/mol. The number of carbonyl (C=O) groups excluding carboxylic acids is 1. The van der Waals surface area contributed by atoms with Crippen molar-refractivity contribution in [3.8, 4) is 5.75 Å². The van der Waals surface area contributed by atoms with Crippen molar-refractivity contribution >= 4 is 27.3 Å². The molecule has 1 heterocycles. The van der Waals surface area contributed by atoms with Gasteiger partial charge in [-0.1, -0.05) is 18.2 Å². The molecule has 3 rings (SSSR count). The van der Waals surface area contributed by atoms with Gasteiger partial charge in [0.05, 0.1) is 9.82 Å². The van der Waals surface area contributed by atoms with Crippen LogP contribution in [0.2, 0.25) is 0 Å². The zero-order valence-corrected chi connectivity index (χ0v) is 16.6. The third-order valence-corrected chi connectivity index (χ3v) is 6.44. The summed E-state index contributed by atoms with van der Waals surface area (Å²) in [6.07, 6.45) is 0.488. The third-order valence-electron chi connectivity index (χ3n) is 4.54. The third kappa shape index (κ3) is 4.72. The van der Waals surface area contributed by atoms with Gasteiger partial charge in [-0.05, 0) is 44.0 Å². The van der Waals surface area contributed by atoms with Crippen LogP contribution in [0.15, 0.2) is 53.4 Å². The Bertz CT molecular complexity index is 1000. The quantitative estimate of drug-likeness (QED) is 0.544. The fraction of sp³-hybridized carbons (Fsp3) is 0.316. The van der Waals surface area contributed by atoms with Gasteiger partial charge >= 0.3 is 5.69 Å². The summed E-state index contributed by atoms with van der Waals surface area (Å²) in [5.74, 6) is -0.662. The van der Waals surface area contributed by atoms with Crippen LogP contribution in [-0.4, -0.2) is 42.7 Å². The van der Waals surface area contributed by atoms with Crippen molar-refractivity contribution < 1.29 is 22.9 Å². The molecule has 29 heavy (non-hydrogen) atoms. The van der Waals surface area contributed by atoms with E-state index in [1.807, 2.05) is 0 Å². The van der Waals surface area contributed by atoms with Gasteiger partial charge < -0.3 is 10.1 Å². The van der Waals surface area contributed by atoms with Crippen molar-refractivity contribution in [2.24, 2.45) is 0 Å². The Hall–Kier alpha value is -2.98. The summed E-state index contributed by atoms with van der Waals surface area (Å²) in [6, 6.07) is 12.2. The van der Waals surface area contributed by atoms with Gasteiger partial charge in [-0.2, -0.15) is 4.31 Å². The zero-order valence-electron chi connectivity index (χ0n) is 15.8. The van der Waals surface area contributed by atoms with Crippen molar-refractivity contribution in [3.05, 3.63) is 58.6 Å². The standard InChI is InChI=1S/C19H21N3O6S/c1-14(19(23)20-15-7-3-2-4-8-15)28-18-10-9-16(13-17(18)22(24)25)29(26,27)21-11-5-6-12-21/h2-4,7-10,13-14H,5-6,11-12H2,1H3,(H,20,23)/t14-/m1/s1. The summed E-state index contributed by atoms with van der Waals surface area (Å²) in [7, 11) is -3.80. The maximum atomic E-state index is 12.7. The molecule has 1 aliphatic heterocycles. The van der Waals surface area contributed by atoms with Gasteiger partial charge in [0.1, 0.15) is 0 Å². The lowest BCUT2D eigenvalue weighted by molar-refractivity contribution is -0.386. The second-order valence-electron chi connectivity index (χ2n) is 6.61. The zero-order chi connectivity index (χ0) is 21.0. The molecule has 1 N–H and O–H groups in total. The Morgan fingerprint density at radius 3 is 2.45 bits per heavy atom. The minimum atomic E-state index is -3.80. The van der Waals surface area contributed by atoms with Crippen LogP contribution >= 0.6 is 0 Å². The first-order chi connectivity index (χ1) is 13.8. The molecule has 0 radical (unpaired) electrons. The number of amides is 1. The van der Waals surface area contributed by atoms with E-state index < -0.39 is 32.6 Å². The molecule has 9 nitrogen and oxygen atoms in total. The van der Waals surface area contributed by atoms with Crippen LogP contribution in [0.25, 0.3) is 0 Å². The van der Waals surface area contributed by atoms with Crippen molar-refractivity contribution in [2.45, 2.75) is 30.8 Å². The highest BCUT2D eigenvalue weighted by atomic mass is 32.2. The highest BCUT2D eigenvalue weighted by Gasteiger charge is 2.30. The second-order valence-corrected chi connectivity index (χ2v) is 8.55. The van der Waals surface area contributed by atoms with E-state index in [1.165, 1.54) is 23.4 Å². The number of ether oxygens (including phenoxy) is 1. The van der Waals surface area contributed by atoms with E-state index in [2.05, 4.69) is 5.32 Å². The lowest BCUT2D eigenvalue weighted by Gasteiger charge is -2.17. The normalized spacial score (nSPS) is 15.6. The van der Waals surface area contributed by atoms with E-state index >= 15 is 0 Å². The van der Waals surface area contributed by atoms with Crippen molar-refractivity contribution in [1.29, 1.82) is 0 Å². The van der Waals surface area contributed by atoms with Crippen molar-refractivity contribution in [2.75, 3.05) is 18.4 Å². The van der Waals surface area contributed by atoms with E-state index in [9.17, 15) is 23.3 Å². The minimum Gasteiger partial charge on any atom is -0.474 e. The molecule has 1 fully saturated rings. The average Bonchev–Trinajstić information content (AvgIpc) is 3.24. The number of nitrogens with one attached hydrogen (secondary N) is 1.